The lowest BCUT2D eigenvalue weighted by Crippen LogP contribution is -2.21. The van der Waals surface area contributed by atoms with Gasteiger partial charge in [-0.2, -0.15) is 0 Å². The normalized spacial score (nSPS) is 11.1. The molecular formula is C16H13Cl2N3O2. The molecule has 0 aliphatic heterocycles. The summed E-state index contributed by atoms with van der Waals surface area (Å²) in [5, 5.41) is 11.0. The van der Waals surface area contributed by atoms with Gasteiger partial charge < -0.3 is 10.1 Å². The number of aromatic nitrogens is 1. The van der Waals surface area contributed by atoms with Crippen LogP contribution in [0.4, 0.5) is 0 Å². The summed E-state index contributed by atoms with van der Waals surface area (Å²) in [5.74, 6) is 4.35. The molecule has 0 unspecified atom stereocenters. The molecule has 118 valence electrons. The molecule has 0 atom stereocenters. The Kier molecular flexibility index (Phi) is 4.28. The van der Waals surface area contributed by atoms with E-state index in [2.05, 4.69) is 10.4 Å². The van der Waals surface area contributed by atoms with Crippen molar-refractivity contribution in [3.63, 3.8) is 0 Å². The third-order valence-electron chi connectivity index (χ3n) is 3.61. The van der Waals surface area contributed by atoms with Crippen LogP contribution in [0.2, 0.25) is 10.0 Å². The third kappa shape index (κ3) is 2.80. The predicted octanol–water partition coefficient (Wildman–Crippen LogP) is 3.80. The Hall–Kier alpha value is -2.05. The highest BCUT2D eigenvalue weighted by molar-refractivity contribution is 6.40. The molecule has 0 aliphatic rings. The second kappa shape index (κ2) is 6.22. The lowest BCUT2D eigenvalue weighted by Gasteiger charge is -2.10. The van der Waals surface area contributed by atoms with E-state index in [1.165, 1.54) is 0 Å². The maximum Gasteiger partial charge on any atom is 0.352 e. The minimum Gasteiger partial charge on any atom is -0.477 e. The number of nitrogens with one attached hydrogen (secondary N) is 2. The van der Waals surface area contributed by atoms with Crippen molar-refractivity contribution in [1.29, 1.82) is 0 Å². The fourth-order valence-corrected chi connectivity index (χ4v) is 3.29. The van der Waals surface area contributed by atoms with Crippen molar-refractivity contribution in [2.45, 2.75) is 6.54 Å². The van der Waals surface area contributed by atoms with Crippen LogP contribution >= 0.6 is 23.2 Å². The van der Waals surface area contributed by atoms with Gasteiger partial charge in [0.25, 0.3) is 0 Å². The SMILES string of the molecule is NNCc1ccccc1-c1c(C(=O)O)[nH]c2cc(Cl)cc(Cl)c12. The van der Waals surface area contributed by atoms with Crippen molar-refractivity contribution in [1.82, 2.24) is 10.4 Å². The molecule has 3 aromatic rings. The van der Waals surface area contributed by atoms with Gasteiger partial charge in [-0.05, 0) is 23.3 Å². The number of aromatic amines is 1. The Balaban J connectivity index is 2.40. The van der Waals surface area contributed by atoms with Crippen LogP contribution in [0.25, 0.3) is 22.0 Å². The quantitative estimate of drug-likeness (QED) is 0.425. The van der Waals surface area contributed by atoms with E-state index < -0.39 is 5.97 Å². The van der Waals surface area contributed by atoms with Gasteiger partial charge in [-0.3, -0.25) is 11.3 Å². The molecular weight excluding hydrogens is 337 g/mol. The number of benzene rings is 2. The molecule has 0 saturated carbocycles. The Morgan fingerprint density at radius 1 is 1.26 bits per heavy atom. The molecule has 7 heteroatoms. The molecule has 0 bridgehead atoms. The summed E-state index contributed by atoms with van der Waals surface area (Å²) in [5.41, 5.74) is 5.37. The lowest BCUT2D eigenvalue weighted by molar-refractivity contribution is 0.0692. The van der Waals surface area contributed by atoms with E-state index in [0.717, 1.165) is 11.1 Å². The average Bonchev–Trinajstić information content (AvgIpc) is 2.88. The summed E-state index contributed by atoms with van der Waals surface area (Å²) < 4.78 is 0. The van der Waals surface area contributed by atoms with Gasteiger partial charge in [0.05, 0.1) is 5.02 Å². The first-order chi connectivity index (χ1) is 11.0. The van der Waals surface area contributed by atoms with Crippen LogP contribution in [0.15, 0.2) is 36.4 Å². The summed E-state index contributed by atoms with van der Waals surface area (Å²) in [6.07, 6.45) is 0. The second-order valence-electron chi connectivity index (χ2n) is 5.03. The Labute approximate surface area is 142 Å². The number of H-pyrrole nitrogens is 1. The number of hydrogen-bond donors (Lipinski definition) is 4. The van der Waals surface area contributed by atoms with Crippen LogP contribution < -0.4 is 11.3 Å². The number of carboxylic acid groups (broad SMARTS) is 1. The summed E-state index contributed by atoms with van der Waals surface area (Å²) in [7, 11) is 0. The number of carbonyl (C=O) groups is 1. The Bertz CT molecular complexity index is 906. The fourth-order valence-electron chi connectivity index (χ4n) is 2.71. The van der Waals surface area contributed by atoms with Crippen molar-refractivity contribution in [2.24, 2.45) is 5.84 Å². The van der Waals surface area contributed by atoms with Crippen LogP contribution in [0.5, 0.6) is 0 Å². The number of rotatable bonds is 4. The standard InChI is InChI=1S/C16H13Cl2N3O2/c17-9-5-11(18)14-12(6-9)21-15(16(22)23)13(14)10-4-2-1-3-8(10)7-20-19/h1-6,20-21H,7,19H2,(H,22,23). The van der Waals surface area contributed by atoms with Crippen molar-refractivity contribution in [3.8, 4) is 11.1 Å². The zero-order chi connectivity index (χ0) is 16.6. The average molecular weight is 350 g/mol. The number of carboxylic acids is 1. The van der Waals surface area contributed by atoms with Crippen molar-refractivity contribution < 1.29 is 9.90 Å². The lowest BCUT2D eigenvalue weighted by atomic mass is 9.96. The van der Waals surface area contributed by atoms with Gasteiger partial charge in [-0.25, -0.2) is 4.79 Å². The van der Waals surface area contributed by atoms with Crippen LogP contribution in [-0.2, 0) is 6.54 Å². The molecule has 0 amide bonds. The maximum absolute atomic E-state index is 11.7. The molecule has 23 heavy (non-hydrogen) atoms. The highest BCUT2D eigenvalue weighted by atomic mass is 35.5. The van der Waals surface area contributed by atoms with Gasteiger partial charge in [0, 0.05) is 28.0 Å². The van der Waals surface area contributed by atoms with Gasteiger partial charge >= 0.3 is 5.97 Å². The molecule has 0 saturated heterocycles. The predicted molar refractivity (Wildman–Crippen MR) is 91.7 cm³/mol. The van der Waals surface area contributed by atoms with E-state index in [9.17, 15) is 9.90 Å². The maximum atomic E-state index is 11.7. The van der Waals surface area contributed by atoms with Crippen LogP contribution in [0, 0.1) is 0 Å². The van der Waals surface area contributed by atoms with Gasteiger partial charge in [0.2, 0.25) is 0 Å². The van der Waals surface area contributed by atoms with Crippen LogP contribution in [0.3, 0.4) is 0 Å². The molecule has 0 spiro atoms. The summed E-state index contributed by atoms with van der Waals surface area (Å²) >= 11 is 12.3. The summed E-state index contributed by atoms with van der Waals surface area (Å²) in [6.45, 7) is 0.396. The Morgan fingerprint density at radius 3 is 2.70 bits per heavy atom. The number of nitrogens with two attached hydrogens (primary N) is 1. The van der Waals surface area contributed by atoms with E-state index >= 15 is 0 Å². The number of aromatic carboxylic acids is 1. The molecule has 1 aromatic heterocycles. The van der Waals surface area contributed by atoms with Gasteiger partial charge in [-0.15, -0.1) is 0 Å². The fraction of sp³-hybridized carbons (Fsp3) is 0.0625. The van der Waals surface area contributed by atoms with Gasteiger partial charge in [0.1, 0.15) is 5.69 Å². The first-order valence-corrected chi connectivity index (χ1v) is 7.54. The molecule has 0 aliphatic carbocycles. The molecule has 3 rings (SSSR count). The van der Waals surface area contributed by atoms with Gasteiger partial charge in [0.15, 0.2) is 0 Å². The molecule has 0 fully saturated rings. The molecule has 0 radical (unpaired) electrons. The smallest absolute Gasteiger partial charge is 0.352 e. The van der Waals surface area contributed by atoms with Crippen LogP contribution in [-0.4, -0.2) is 16.1 Å². The first-order valence-electron chi connectivity index (χ1n) is 6.78. The van der Waals surface area contributed by atoms with E-state index in [0.29, 0.717) is 33.1 Å². The minimum atomic E-state index is -1.07. The topological polar surface area (TPSA) is 91.1 Å². The number of hydrazine groups is 1. The molecule has 1 heterocycles. The van der Waals surface area contributed by atoms with Crippen LogP contribution in [0.1, 0.15) is 16.1 Å². The van der Waals surface area contributed by atoms with Crippen molar-refractivity contribution in [2.75, 3.05) is 0 Å². The number of hydrogen-bond acceptors (Lipinski definition) is 3. The highest BCUT2D eigenvalue weighted by Gasteiger charge is 2.22. The van der Waals surface area contributed by atoms with Gasteiger partial charge in [-0.1, -0.05) is 47.5 Å². The zero-order valence-electron chi connectivity index (χ0n) is 11.9. The third-order valence-corrected chi connectivity index (χ3v) is 4.12. The second-order valence-corrected chi connectivity index (χ2v) is 5.87. The number of fused-ring (bicyclic) bond motifs is 1. The first kappa shape index (κ1) is 15.8. The number of halogens is 2. The van der Waals surface area contributed by atoms with Crippen molar-refractivity contribution in [3.05, 3.63) is 57.7 Å². The summed E-state index contributed by atoms with van der Waals surface area (Å²) in [6, 6.07) is 10.7. The largest absolute Gasteiger partial charge is 0.477 e. The molecule has 2 aromatic carbocycles. The zero-order valence-corrected chi connectivity index (χ0v) is 13.4. The Morgan fingerprint density at radius 2 is 2.00 bits per heavy atom. The van der Waals surface area contributed by atoms with E-state index in [1.54, 1.807) is 12.1 Å². The highest BCUT2D eigenvalue weighted by Crippen LogP contribution is 2.39. The van der Waals surface area contributed by atoms with E-state index in [1.807, 2.05) is 24.3 Å². The van der Waals surface area contributed by atoms with E-state index in [-0.39, 0.29) is 5.69 Å². The van der Waals surface area contributed by atoms with E-state index in [4.69, 9.17) is 29.0 Å². The summed E-state index contributed by atoms with van der Waals surface area (Å²) in [4.78, 5) is 14.6. The monoisotopic (exact) mass is 349 g/mol. The molecule has 5 N–H and O–H groups in total. The molecule has 5 nitrogen and oxygen atoms in total. The minimum absolute atomic E-state index is 0.0636. The van der Waals surface area contributed by atoms with Crippen molar-refractivity contribution >= 4 is 40.1 Å².